The van der Waals surface area contributed by atoms with Crippen LogP contribution in [-0.2, 0) is 13.0 Å². The number of aryl methyl sites for hydroxylation is 1. The molecule has 7 heteroatoms. The Balaban J connectivity index is 1.81. The Morgan fingerprint density at radius 1 is 1.35 bits per heavy atom. The third-order valence-corrected chi connectivity index (χ3v) is 3.88. The van der Waals surface area contributed by atoms with E-state index in [-0.39, 0.29) is 0 Å². The lowest BCUT2D eigenvalue weighted by Crippen LogP contribution is -2.16. The number of rotatable bonds is 7. The van der Waals surface area contributed by atoms with Crippen molar-refractivity contribution >= 4 is 31.9 Å². The molecular weight excluding hydrogens is 388 g/mol. The SMILES string of the molecule is COc1c(Br)cc(Br)cc1CNCCCc1ncn[nH]1. The first-order valence-corrected chi connectivity index (χ1v) is 7.86. The molecular formula is C13H16Br2N4O. The Hall–Kier alpha value is -0.920. The highest BCUT2D eigenvalue weighted by molar-refractivity contribution is 9.11. The number of nitrogens with one attached hydrogen (secondary N) is 2. The second kappa shape index (κ2) is 7.75. The largest absolute Gasteiger partial charge is 0.495 e. The van der Waals surface area contributed by atoms with Crippen LogP contribution in [0.4, 0.5) is 0 Å². The summed E-state index contributed by atoms with van der Waals surface area (Å²) in [5.74, 6) is 1.80. The molecule has 0 bridgehead atoms. The first kappa shape index (κ1) is 15.5. The fourth-order valence-corrected chi connectivity index (χ4v) is 3.40. The zero-order valence-corrected chi connectivity index (χ0v) is 14.3. The second-order valence-electron chi connectivity index (χ2n) is 4.29. The average Bonchev–Trinajstić information content (AvgIpc) is 2.91. The first-order chi connectivity index (χ1) is 9.70. The molecule has 0 saturated heterocycles. The highest BCUT2D eigenvalue weighted by atomic mass is 79.9. The monoisotopic (exact) mass is 402 g/mol. The van der Waals surface area contributed by atoms with Crippen molar-refractivity contribution in [3.8, 4) is 5.75 Å². The summed E-state index contributed by atoms with van der Waals surface area (Å²) in [4.78, 5) is 4.10. The number of methoxy groups -OCH3 is 1. The van der Waals surface area contributed by atoms with Gasteiger partial charge in [-0.1, -0.05) is 15.9 Å². The molecule has 1 heterocycles. The maximum absolute atomic E-state index is 5.42. The van der Waals surface area contributed by atoms with Crippen molar-refractivity contribution in [2.24, 2.45) is 0 Å². The Kier molecular flexibility index (Phi) is 6.00. The summed E-state index contributed by atoms with van der Waals surface area (Å²) in [6.45, 7) is 1.67. The normalized spacial score (nSPS) is 10.8. The summed E-state index contributed by atoms with van der Waals surface area (Å²) in [5.41, 5.74) is 1.12. The number of aromatic amines is 1. The van der Waals surface area contributed by atoms with Gasteiger partial charge in [0, 0.05) is 23.0 Å². The van der Waals surface area contributed by atoms with Crippen LogP contribution >= 0.6 is 31.9 Å². The zero-order valence-electron chi connectivity index (χ0n) is 11.1. The van der Waals surface area contributed by atoms with E-state index in [4.69, 9.17) is 4.74 Å². The summed E-state index contributed by atoms with van der Waals surface area (Å²) < 4.78 is 7.40. The van der Waals surface area contributed by atoms with Crippen LogP contribution in [0.15, 0.2) is 27.4 Å². The fourth-order valence-electron chi connectivity index (χ4n) is 1.93. The van der Waals surface area contributed by atoms with Crippen LogP contribution in [0.3, 0.4) is 0 Å². The molecule has 1 aromatic carbocycles. The molecule has 0 atom stereocenters. The van der Waals surface area contributed by atoms with Crippen LogP contribution in [0.25, 0.3) is 0 Å². The molecule has 2 N–H and O–H groups in total. The molecule has 0 saturated carbocycles. The molecule has 0 radical (unpaired) electrons. The average molecular weight is 404 g/mol. The lowest BCUT2D eigenvalue weighted by molar-refractivity contribution is 0.405. The Bertz CT molecular complexity index is 546. The van der Waals surface area contributed by atoms with Crippen molar-refractivity contribution in [2.75, 3.05) is 13.7 Å². The molecule has 0 fully saturated rings. The van der Waals surface area contributed by atoms with E-state index in [1.165, 1.54) is 6.33 Å². The number of H-pyrrole nitrogens is 1. The Morgan fingerprint density at radius 3 is 2.90 bits per heavy atom. The summed E-state index contributed by atoms with van der Waals surface area (Å²) in [6, 6.07) is 4.04. The summed E-state index contributed by atoms with van der Waals surface area (Å²) in [5, 5.41) is 10.1. The van der Waals surface area contributed by atoms with Crippen LogP contribution in [0.2, 0.25) is 0 Å². The molecule has 0 unspecified atom stereocenters. The molecule has 2 rings (SSSR count). The van der Waals surface area contributed by atoms with E-state index in [0.29, 0.717) is 0 Å². The Morgan fingerprint density at radius 2 is 2.20 bits per heavy atom. The highest BCUT2D eigenvalue weighted by Crippen LogP contribution is 2.32. The van der Waals surface area contributed by atoms with Crippen molar-refractivity contribution < 1.29 is 4.74 Å². The Labute approximate surface area is 134 Å². The van der Waals surface area contributed by atoms with Crippen molar-refractivity contribution in [1.82, 2.24) is 20.5 Å². The van der Waals surface area contributed by atoms with Crippen LogP contribution < -0.4 is 10.1 Å². The number of aromatic nitrogens is 3. The molecule has 2 aromatic rings. The standard InChI is InChI=1S/C13H16Br2N4O/c1-20-13-9(5-10(14)6-11(13)15)7-16-4-2-3-12-17-8-18-19-12/h5-6,8,16H,2-4,7H2,1H3,(H,17,18,19). The van der Waals surface area contributed by atoms with Gasteiger partial charge in [-0.05, 0) is 41.0 Å². The van der Waals surface area contributed by atoms with Gasteiger partial charge in [0.15, 0.2) is 0 Å². The number of hydrogen-bond acceptors (Lipinski definition) is 4. The molecule has 5 nitrogen and oxygen atoms in total. The number of ether oxygens (including phenoxy) is 1. The minimum Gasteiger partial charge on any atom is -0.495 e. The van der Waals surface area contributed by atoms with Gasteiger partial charge in [0.2, 0.25) is 0 Å². The van der Waals surface area contributed by atoms with Gasteiger partial charge in [0.1, 0.15) is 17.9 Å². The molecule has 0 spiro atoms. The van der Waals surface area contributed by atoms with Gasteiger partial charge in [-0.3, -0.25) is 5.10 Å². The van der Waals surface area contributed by atoms with Crippen LogP contribution in [0.5, 0.6) is 5.75 Å². The summed E-state index contributed by atoms with van der Waals surface area (Å²) >= 11 is 7.00. The van der Waals surface area contributed by atoms with E-state index in [1.54, 1.807) is 7.11 Å². The van der Waals surface area contributed by atoms with Crippen molar-refractivity contribution in [3.05, 3.63) is 38.8 Å². The molecule has 1 aromatic heterocycles. The van der Waals surface area contributed by atoms with Gasteiger partial charge in [-0.2, -0.15) is 5.10 Å². The van der Waals surface area contributed by atoms with Gasteiger partial charge in [-0.25, -0.2) is 4.98 Å². The van der Waals surface area contributed by atoms with E-state index in [0.717, 1.165) is 52.0 Å². The van der Waals surface area contributed by atoms with Crippen molar-refractivity contribution in [2.45, 2.75) is 19.4 Å². The quantitative estimate of drug-likeness (QED) is 0.697. The minimum atomic E-state index is 0.762. The van der Waals surface area contributed by atoms with Crippen LogP contribution in [-0.4, -0.2) is 28.8 Å². The molecule has 0 amide bonds. The van der Waals surface area contributed by atoms with E-state index in [9.17, 15) is 0 Å². The highest BCUT2D eigenvalue weighted by Gasteiger charge is 2.08. The topological polar surface area (TPSA) is 62.8 Å². The van der Waals surface area contributed by atoms with E-state index in [1.807, 2.05) is 6.07 Å². The maximum Gasteiger partial charge on any atom is 0.137 e. The molecule has 0 aliphatic rings. The number of benzene rings is 1. The summed E-state index contributed by atoms with van der Waals surface area (Å²) in [7, 11) is 1.68. The van der Waals surface area contributed by atoms with Crippen LogP contribution in [0, 0.1) is 0 Å². The number of nitrogens with zero attached hydrogens (tertiary/aromatic N) is 2. The van der Waals surface area contributed by atoms with Crippen molar-refractivity contribution in [3.63, 3.8) is 0 Å². The third-order valence-electron chi connectivity index (χ3n) is 2.84. The fraction of sp³-hybridized carbons (Fsp3) is 0.385. The van der Waals surface area contributed by atoms with Crippen molar-refractivity contribution in [1.29, 1.82) is 0 Å². The van der Waals surface area contributed by atoms with E-state index < -0.39 is 0 Å². The molecule has 20 heavy (non-hydrogen) atoms. The van der Waals surface area contributed by atoms with Gasteiger partial charge >= 0.3 is 0 Å². The lowest BCUT2D eigenvalue weighted by Gasteiger charge is -2.12. The number of hydrogen-bond donors (Lipinski definition) is 2. The first-order valence-electron chi connectivity index (χ1n) is 6.27. The lowest BCUT2D eigenvalue weighted by atomic mass is 10.2. The number of halogens is 2. The summed E-state index contributed by atoms with van der Waals surface area (Å²) in [6.07, 6.45) is 3.44. The van der Waals surface area contributed by atoms with Gasteiger partial charge in [0.25, 0.3) is 0 Å². The smallest absolute Gasteiger partial charge is 0.137 e. The minimum absolute atomic E-state index is 0.762. The second-order valence-corrected chi connectivity index (χ2v) is 6.06. The van der Waals surface area contributed by atoms with Gasteiger partial charge < -0.3 is 10.1 Å². The molecule has 0 aliphatic heterocycles. The molecule has 108 valence electrons. The predicted molar refractivity (Wildman–Crippen MR) is 84.8 cm³/mol. The van der Waals surface area contributed by atoms with Gasteiger partial charge in [0.05, 0.1) is 11.6 Å². The third kappa shape index (κ3) is 4.29. The maximum atomic E-state index is 5.42. The van der Waals surface area contributed by atoms with Gasteiger partial charge in [-0.15, -0.1) is 0 Å². The predicted octanol–water partition coefficient (Wildman–Crippen LogP) is 3.06. The van der Waals surface area contributed by atoms with Crippen LogP contribution in [0.1, 0.15) is 17.8 Å². The zero-order chi connectivity index (χ0) is 14.4. The molecule has 0 aliphatic carbocycles. The van der Waals surface area contributed by atoms with E-state index in [2.05, 4.69) is 58.4 Å². The van der Waals surface area contributed by atoms with E-state index >= 15 is 0 Å².